The van der Waals surface area contributed by atoms with E-state index in [1.165, 1.54) is 12.8 Å². The van der Waals surface area contributed by atoms with Crippen molar-refractivity contribution in [1.82, 2.24) is 29.2 Å². The molecule has 2 aliphatic rings. The number of hydrogen-bond donors (Lipinski definition) is 2. The highest BCUT2D eigenvalue weighted by Gasteiger charge is 2.28. The van der Waals surface area contributed by atoms with Crippen LogP contribution < -0.4 is 10.5 Å². The number of hydrogen-bond acceptors (Lipinski definition) is 5. The molecule has 33 heavy (non-hydrogen) atoms. The van der Waals surface area contributed by atoms with Crippen molar-refractivity contribution >= 4 is 28.0 Å². The van der Waals surface area contributed by atoms with Gasteiger partial charge in [0, 0.05) is 43.7 Å². The Balaban J connectivity index is 1.46. The van der Waals surface area contributed by atoms with Gasteiger partial charge >= 0.3 is 0 Å². The van der Waals surface area contributed by atoms with Crippen molar-refractivity contribution < 1.29 is 9.53 Å². The molecule has 4 heterocycles. The summed E-state index contributed by atoms with van der Waals surface area (Å²) in [6.45, 7) is 2.26. The summed E-state index contributed by atoms with van der Waals surface area (Å²) in [4.78, 5) is 20.1. The molecule has 1 aliphatic heterocycles. The Labute approximate surface area is 191 Å². The van der Waals surface area contributed by atoms with E-state index in [4.69, 9.17) is 15.5 Å². The lowest BCUT2D eigenvalue weighted by Crippen LogP contribution is -2.45. The molecule has 1 saturated carbocycles. The zero-order chi connectivity index (χ0) is 22.7. The lowest BCUT2D eigenvalue weighted by Gasteiger charge is -2.30. The largest absolute Gasteiger partial charge is 0.494 e. The van der Waals surface area contributed by atoms with Crippen molar-refractivity contribution in [3.63, 3.8) is 0 Å². The molecule has 3 N–H and O–H groups in total. The highest BCUT2D eigenvalue weighted by molar-refractivity contribution is 6.00. The average molecular weight is 448 g/mol. The summed E-state index contributed by atoms with van der Waals surface area (Å²) in [6, 6.07) is 5.88. The minimum absolute atomic E-state index is 0.0194. The molecular formula is C24H29N7O2. The van der Waals surface area contributed by atoms with Crippen LogP contribution in [0.15, 0.2) is 24.4 Å². The third-order valence-corrected chi connectivity index (χ3v) is 7.01. The van der Waals surface area contributed by atoms with Gasteiger partial charge in [0.15, 0.2) is 5.82 Å². The number of likely N-dealkylation sites (tertiary alicyclic amines) is 1. The van der Waals surface area contributed by atoms with E-state index in [0.29, 0.717) is 23.8 Å². The first kappa shape index (κ1) is 20.3. The summed E-state index contributed by atoms with van der Waals surface area (Å²) in [6.07, 6.45) is 6.26. The van der Waals surface area contributed by atoms with Crippen LogP contribution in [0.1, 0.15) is 36.0 Å². The van der Waals surface area contributed by atoms with Crippen molar-refractivity contribution in [2.24, 2.45) is 18.7 Å². The number of benzene rings is 1. The fraction of sp³-hybridized carbons (Fsp3) is 0.458. The number of nitrogens with two attached hydrogens (primary N) is 1. The van der Waals surface area contributed by atoms with Crippen molar-refractivity contribution in [2.45, 2.75) is 38.3 Å². The van der Waals surface area contributed by atoms with E-state index in [-0.39, 0.29) is 11.9 Å². The third-order valence-electron chi connectivity index (χ3n) is 7.01. The number of imidazole rings is 1. The number of amides is 1. The first-order valence-electron chi connectivity index (χ1n) is 11.7. The number of fused-ring (bicyclic) bond motifs is 2. The Hall–Kier alpha value is -3.33. The highest BCUT2D eigenvalue weighted by atomic mass is 16.5. The van der Waals surface area contributed by atoms with Gasteiger partial charge in [0.2, 0.25) is 0 Å². The van der Waals surface area contributed by atoms with E-state index >= 15 is 0 Å². The maximum Gasteiger partial charge on any atom is 0.254 e. The predicted molar refractivity (Wildman–Crippen MR) is 126 cm³/mol. The van der Waals surface area contributed by atoms with E-state index in [0.717, 1.165) is 59.5 Å². The van der Waals surface area contributed by atoms with Crippen molar-refractivity contribution in [3.05, 3.63) is 30.0 Å². The van der Waals surface area contributed by atoms with Crippen molar-refractivity contribution in [2.75, 3.05) is 20.2 Å². The molecule has 0 unspecified atom stereocenters. The molecule has 1 aromatic carbocycles. The Bertz CT molecular complexity index is 1360. The van der Waals surface area contributed by atoms with E-state index in [1.807, 2.05) is 30.3 Å². The fourth-order valence-electron chi connectivity index (χ4n) is 5.09. The first-order chi connectivity index (χ1) is 16.0. The van der Waals surface area contributed by atoms with Crippen LogP contribution in [0.4, 0.5) is 0 Å². The molecule has 1 aliphatic carbocycles. The van der Waals surface area contributed by atoms with Crippen LogP contribution >= 0.6 is 0 Å². The smallest absolute Gasteiger partial charge is 0.254 e. The van der Waals surface area contributed by atoms with Crippen LogP contribution in [0.5, 0.6) is 5.75 Å². The predicted octanol–water partition coefficient (Wildman–Crippen LogP) is 2.90. The van der Waals surface area contributed by atoms with Gasteiger partial charge in [-0.3, -0.25) is 9.89 Å². The molecule has 1 saturated heterocycles. The third kappa shape index (κ3) is 3.38. The van der Waals surface area contributed by atoms with Crippen LogP contribution in [0, 0.1) is 5.92 Å². The molecule has 3 aromatic heterocycles. The number of rotatable bonds is 5. The van der Waals surface area contributed by atoms with Gasteiger partial charge in [-0.2, -0.15) is 5.10 Å². The number of methoxy groups -OCH3 is 1. The number of aromatic nitrogens is 5. The summed E-state index contributed by atoms with van der Waals surface area (Å²) in [5.74, 6) is 2.17. The molecule has 172 valence electrons. The number of H-pyrrole nitrogens is 1. The Morgan fingerprint density at radius 3 is 2.88 bits per heavy atom. The quantitative estimate of drug-likeness (QED) is 0.489. The molecule has 0 spiro atoms. The summed E-state index contributed by atoms with van der Waals surface area (Å²) in [5.41, 5.74) is 10.4. The van der Waals surface area contributed by atoms with Crippen LogP contribution in [0.2, 0.25) is 0 Å². The lowest BCUT2D eigenvalue weighted by molar-refractivity contribution is 0.0708. The lowest BCUT2D eigenvalue weighted by atomic mass is 10.0. The van der Waals surface area contributed by atoms with E-state index < -0.39 is 0 Å². The van der Waals surface area contributed by atoms with Gasteiger partial charge in [0.25, 0.3) is 5.91 Å². The molecule has 2 fully saturated rings. The summed E-state index contributed by atoms with van der Waals surface area (Å²) in [5, 5.41) is 8.43. The second-order valence-corrected chi connectivity index (χ2v) is 9.45. The number of aryl methyl sites for hydroxylation is 1. The van der Waals surface area contributed by atoms with Gasteiger partial charge in [0.1, 0.15) is 16.9 Å². The monoisotopic (exact) mass is 447 g/mol. The van der Waals surface area contributed by atoms with E-state index in [2.05, 4.69) is 25.4 Å². The number of carbonyl (C=O) groups excluding carboxylic acids is 1. The molecule has 6 rings (SSSR count). The molecule has 9 nitrogen and oxygen atoms in total. The first-order valence-corrected chi connectivity index (χ1v) is 11.7. The molecule has 0 radical (unpaired) electrons. The average Bonchev–Trinajstić information content (AvgIpc) is 3.26. The van der Waals surface area contributed by atoms with Gasteiger partial charge < -0.3 is 24.5 Å². The summed E-state index contributed by atoms with van der Waals surface area (Å²) in [7, 11) is 3.64. The van der Waals surface area contributed by atoms with Gasteiger partial charge in [-0.1, -0.05) is 0 Å². The van der Waals surface area contributed by atoms with Crippen molar-refractivity contribution in [3.8, 4) is 17.3 Å². The molecule has 4 aromatic rings. The highest BCUT2D eigenvalue weighted by Crippen LogP contribution is 2.37. The van der Waals surface area contributed by atoms with Crippen LogP contribution in [0.3, 0.4) is 0 Å². The normalized spacial score (nSPS) is 19.0. The Morgan fingerprint density at radius 2 is 2.12 bits per heavy atom. The van der Waals surface area contributed by atoms with Crippen LogP contribution in [-0.4, -0.2) is 61.4 Å². The number of carbonyl (C=O) groups is 1. The topological polar surface area (TPSA) is 107 Å². The van der Waals surface area contributed by atoms with E-state index in [1.54, 1.807) is 7.11 Å². The second-order valence-electron chi connectivity index (χ2n) is 9.45. The number of aromatic amines is 1. The Morgan fingerprint density at radius 1 is 1.27 bits per heavy atom. The minimum Gasteiger partial charge on any atom is -0.494 e. The summed E-state index contributed by atoms with van der Waals surface area (Å²) < 4.78 is 10.1. The maximum absolute atomic E-state index is 13.2. The molecule has 9 heteroatoms. The van der Waals surface area contributed by atoms with Gasteiger partial charge in [-0.15, -0.1) is 0 Å². The zero-order valence-corrected chi connectivity index (χ0v) is 19.0. The Kier molecular flexibility index (Phi) is 4.69. The molecule has 1 amide bonds. The van der Waals surface area contributed by atoms with Gasteiger partial charge in [0.05, 0.1) is 24.5 Å². The molecule has 1 atom stereocenters. The van der Waals surface area contributed by atoms with Crippen LogP contribution in [0.25, 0.3) is 33.6 Å². The van der Waals surface area contributed by atoms with Gasteiger partial charge in [-0.25, -0.2) is 4.98 Å². The number of nitrogens with one attached hydrogen (secondary N) is 1. The number of piperidine rings is 1. The van der Waals surface area contributed by atoms with Crippen LogP contribution in [-0.2, 0) is 13.6 Å². The SMILES string of the molecule is COc1cc(C(=O)N2CCC[C@@H](N)C2)cc2nc(-c3cc4cn[nH]c4n3CC3CC3)n(C)c12. The standard InChI is InChI=1S/C24H29N7O2/c1-29-21-18(8-15(10-20(21)33-2)24(32)30-7-3-4-17(25)13-30)27-23(29)19-9-16-11-26-28-22(16)31(19)12-14-5-6-14/h8-11,14,17H,3-7,12-13,25H2,1-2H3,(H,26,28)/t17-/m1/s1. The fourth-order valence-corrected chi connectivity index (χ4v) is 5.09. The van der Waals surface area contributed by atoms with Gasteiger partial charge in [-0.05, 0) is 49.8 Å². The number of nitrogens with zero attached hydrogens (tertiary/aromatic N) is 5. The number of ether oxygens (including phenoxy) is 1. The summed E-state index contributed by atoms with van der Waals surface area (Å²) >= 11 is 0. The molecule has 0 bridgehead atoms. The van der Waals surface area contributed by atoms with E-state index in [9.17, 15) is 4.79 Å². The zero-order valence-electron chi connectivity index (χ0n) is 19.0. The molecular weight excluding hydrogens is 418 g/mol. The minimum atomic E-state index is -0.0194. The van der Waals surface area contributed by atoms with Crippen molar-refractivity contribution in [1.29, 1.82) is 0 Å². The second kappa shape index (κ2) is 7.62. The maximum atomic E-state index is 13.2.